The van der Waals surface area contributed by atoms with Crippen LogP contribution in [0.5, 0.6) is 0 Å². The smallest absolute Gasteiger partial charge is 0.198 e. The molecule has 0 spiro atoms. The molecule has 0 saturated carbocycles. The van der Waals surface area contributed by atoms with Crippen LogP contribution in [0.1, 0.15) is 16.8 Å². The monoisotopic (exact) mass is 337 g/mol. The van der Waals surface area contributed by atoms with Crippen LogP contribution < -0.4 is 9.67 Å². The fourth-order valence-corrected chi connectivity index (χ4v) is 3.28. The fourth-order valence-electron chi connectivity index (χ4n) is 3.28. The molecule has 0 fully saturated rings. The highest BCUT2D eigenvalue weighted by molar-refractivity contribution is 5.95. The van der Waals surface area contributed by atoms with Crippen LogP contribution in [0.2, 0.25) is 0 Å². The van der Waals surface area contributed by atoms with Gasteiger partial charge in [-0.1, -0.05) is 78.9 Å². The highest BCUT2D eigenvalue weighted by Crippen LogP contribution is 2.29. The molecule has 26 heavy (non-hydrogen) atoms. The van der Waals surface area contributed by atoms with Crippen molar-refractivity contribution in [1.29, 1.82) is 0 Å². The third-order valence-corrected chi connectivity index (χ3v) is 4.59. The lowest BCUT2D eigenvalue weighted by Crippen LogP contribution is -2.35. The Kier molecular flexibility index (Phi) is 4.24. The summed E-state index contributed by atoms with van der Waals surface area (Å²) in [5.74, 6) is 0.0238. The van der Waals surface area contributed by atoms with E-state index in [1.165, 1.54) is 0 Å². The molecule has 0 unspecified atom stereocenters. The predicted molar refractivity (Wildman–Crippen MR) is 104 cm³/mol. The zero-order chi connectivity index (χ0) is 17.9. The largest absolute Gasteiger partial charge is 0.868 e. The minimum absolute atomic E-state index is 0.0238. The van der Waals surface area contributed by atoms with Gasteiger partial charge in [0.25, 0.3) is 0 Å². The minimum atomic E-state index is 0.0238. The average molecular weight is 337 g/mol. The van der Waals surface area contributed by atoms with E-state index in [1.54, 1.807) is 0 Å². The number of nitrogens with zero attached hydrogens (tertiary/aromatic N) is 1. The summed E-state index contributed by atoms with van der Waals surface area (Å²) in [4.78, 5) is 0. The molecule has 1 heterocycles. The molecule has 3 aromatic carbocycles. The van der Waals surface area contributed by atoms with E-state index < -0.39 is 0 Å². The third kappa shape index (κ3) is 2.98. The Balaban J connectivity index is 2.00. The zero-order valence-corrected chi connectivity index (χ0v) is 14.6. The number of rotatable bonds is 3. The quantitative estimate of drug-likeness (QED) is 0.411. The van der Waals surface area contributed by atoms with Crippen LogP contribution in [0.4, 0.5) is 0 Å². The first-order chi connectivity index (χ1) is 12.7. The number of aromatic nitrogens is 1. The van der Waals surface area contributed by atoms with E-state index in [0.717, 1.165) is 27.5 Å². The molecule has 0 radical (unpaired) electrons. The second-order valence-electron chi connectivity index (χ2n) is 6.33. The van der Waals surface area contributed by atoms with E-state index >= 15 is 0 Å². The standard InChI is InChI=1S/C24H19NO/c1-25-17-21-15-9-8-14-20(21)16-22(25)24(26)23(18-10-4-2-5-11-18)19-12-6-3-7-13-19/h2-17H,1H3. The highest BCUT2D eigenvalue weighted by atomic mass is 16.3. The lowest BCUT2D eigenvalue weighted by atomic mass is 9.95. The predicted octanol–water partition coefficient (Wildman–Crippen LogP) is 3.94. The van der Waals surface area contributed by atoms with Crippen molar-refractivity contribution in [3.63, 3.8) is 0 Å². The lowest BCUT2D eigenvalue weighted by molar-refractivity contribution is -0.675. The Labute approximate surface area is 153 Å². The summed E-state index contributed by atoms with van der Waals surface area (Å²) in [6.45, 7) is 0. The molecule has 126 valence electrons. The number of fused-ring (bicyclic) bond motifs is 1. The van der Waals surface area contributed by atoms with Gasteiger partial charge in [0, 0.05) is 11.5 Å². The van der Waals surface area contributed by atoms with Crippen molar-refractivity contribution in [2.45, 2.75) is 0 Å². The molecule has 4 aromatic rings. The molecular weight excluding hydrogens is 318 g/mol. The van der Waals surface area contributed by atoms with Crippen LogP contribution >= 0.6 is 0 Å². The van der Waals surface area contributed by atoms with Crippen molar-refractivity contribution in [2.24, 2.45) is 7.05 Å². The first-order valence-electron chi connectivity index (χ1n) is 8.65. The average Bonchev–Trinajstić information content (AvgIpc) is 2.69. The maximum Gasteiger partial charge on any atom is 0.198 e. The van der Waals surface area contributed by atoms with E-state index in [-0.39, 0.29) is 5.76 Å². The SMILES string of the molecule is C[n+]1cc2ccccc2cc1C([O-])=C(c1ccccc1)c1ccccc1. The van der Waals surface area contributed by atoms with Crippen molar-refractivity contribution in [3.8, 4) is 0 Å². The second kappa shape index (κ2) is 6.85. The summed E-state index contributed by atoms with van der Waals surface area (Å²) >= 11 is 0. The zero-order valence-electron chi connectivity index (χ0n) is 14.6. The van der Waals surface area contributed by atoms with Crippen LogP contribution in [0.15, 0.2) is 97.2 Å². The van der Waals surface area contributed by atoms with Gasteiger partial charge in [0.15, 0.2) is 11.9 Å². The van der Waals surface area contributed by atoms with E-state index in [9.17, 15) is 5.11 Å². The Morgan fingerprint density at radius 1 is 0.692 bits per heavy atom. The maximum absolute atomic E-state index is 13.6. The molecule has 4 rings (SSSR count). The summed E-state index contributed by atoms with van der Waals surface area (Å²) in [6.07, 6.45) is 2.01. The maximum atomic E-state index is 13.6. The highest BCUT2D eigenvalue weighted by Gasteiger charge is 2.14. The fraction of sp³-hybridized carbons (Fsp3) is 0.0417. The van der Waals surface area contributed by atoms with Crippen molar-refractivity contribution in [1.82, 2.24) is 0 Å². The summed E-state index contributed by atoms with van der Waals surface area (Å²) in [5.41, 5.74) is 3.25. The molecule has 0 aliphatic heterocycles. The molecule has 0 bridgehead atoms. The number of aryl methyl sites for hydroxylation is 1. The molecule has 0 aliphatic carbocycles. The Hall–Kier alpha value is -3.39. The van der Waals surface area contributed by atoms with Gasteiger partial charge in [-0.2, -0.15) is 0 Å². The molecule has 0 amide bonds. The van der Waals surface area contributed by atoms with Gasteiger partial charge in [0.1, 0.15) is 7.05 Å². The molecule has 1 aromatic heterocycles. The minimum Gasteiger partial charge on any atom is -0.868 e. The summed E-state index contributed by atoms with van der Waals surface area (Å²) in [6, 6.07) is 29.8. The van der Waals surface area contributed by atoms with Gasteiger partial charge < -0.3 is 5.11 Å². The van der Waals surface area contributed by atoms with Crippen LogP contribution in [0, 0.1) is 0 Å². The molecule has 2 nitrogen and oxygen atoms in total. The van der Waals surface area contributed by atoms with Crippen molar-refractivity contribution < 1.29 is 9.67 Å². The van der Waals surface area contributed by atoms with Gasteiger partial charge in [-0.25, -0.2) is 4.57 Å². The molecule has 0 saturated heterocycles. The third-order valence-electron chi connectivity index (χ3n) is 4.59. The molecule has 0 atom stereocenters. The van der Waals surface area contributed by atoms with Crippen LogP contribution in [-0.4, -0.2) is 0 Å². The van der Waals surface area contributed by atoms with E-state index in [2.05, 4.69) is 6.07 Å². The first-order valence-corrected chi connectivity index (χ1v) is 8.65. The van der Waals surface area contributed by atoms with E-state index in [0.29, 0.717) is 5.69 Å². The number of hydrogen-bond donors (Lipinski definition) is 0. The van der Waals surface area contributed by atoms with Gasteiger partial charge in [0.2, 0.25) is 0 Å². The number of pyridine rings is 1. The van der Waals surface area contributed by atoms with Crippen LogP contribution in [-0.2, 0) is 7.05 Å². The van der Waals surface area contributed by atoms with Gasteiger partial charge in [-0.3, -0.25) is 0 Å². The lowest BCUT2D eigenvalue weighted by Gasteiger charge is -2.19. The Morgan fingerprint density at radius 3 is 1.77 bits per heavy atom. The Morgan fingerprint density at radius 2 is 1.19 bits per heavy atom. The molecule has 2 heteroatoms. The van der Waals surface area contributed by atoms with Crippen molar-refractivity contribution >= 4 is 22.1 Å². The topological polar surface area (TPSA) is 26.9 Å². The van der Waals surface area contributed by atoms with Crippen LogP contribution in [0.3, 0.4) is 0 Å². The summed E-state index contributed by atoms with van der Waals surface area (Å²) < 4.78 is 1.91. The van der Waals surface area contributed by atoms with E-state index in [4.69, 9.17) is 0 Å². The van der Waals surface area contributed by atoms with Gasteiger partial charge in [-0.05, 0) is 33.9 Å². The van der Waals surface area contributed by atoms with E-state index in [1.807, 2.05) is 103 Å². The molecule has 0 N–H and O–H groups in total. The Bertz CT molecular complexity index is 1040. The summed E-state index contributed by atoms with van der Waals surface area (Å²) in [5, 5.41) is 15.7. The molecular formula is C24H19NO. The first kappa shape index (κ1) is 16.1. The van der Waals surface area contributed by atoms with Gasteiger partial charge in [-0.15, -0.1) is 0 Å². The normalized spacial score (nSPS) is 10.7. The number of benzene rings is 3. The second-order valence-corrected chi connectivity index (χ2v) is 6.33. The van der Waals surface area contributed by atoms with Crippen LogP contribution in [0.25, 0.3) is 22.1 Å². The molecule has 0 aliphatic rings. The van der Waals surface area contributed by atoms with Gasteiger partial charge in [0.05, 0.1) is 0 Å². The van der Waals surface area contributed by atoms with Gasteiger partial charge >= 0.3 is 0 Å². The number of hydrogen-bond acceptors (Lipinski definition) is 1. The summed E-state index contributed by atoms with van der Waals surface area (Å²) in [7, 11) is 1.92. The van der Waals surface area contributed by atoms with Crippen molar-refractivity contribution in [3.05, 3.63) is 114 Å². The van der Waals surface area contributed by atoms with Crippen molar-refractivity contribution in [2.75, 3.05) is 0 Å².